The standard InChI is InChI=1S/C16H31N3O2S/c1-17-15(18-8-3-9-21-12-14-4-5-14)19-13-16(22-2)6-10-20-11-7-16/h14H,3-13H2,1-2H3,(H2,17,18,19). The van der Waals surface area contributed by atoms with Crippen LogP contribution in [0.3, 0.4) is 0 Å². The van der Waals surface area contributed by atoms with Gasteiger partial charge in [0.25, 0.3) is 0 Å². The third-order valence-corrected chi connectivity index (χ3v) is 5.87. The van der Waals surface area contributed by atoms with Crippen molar-refractivity contribution in [1.82, 2.24) is 10.6 Å². The van der Waals surface area contributed by atoms with Gasteiger partial charge in [0.05, 0.1) is 0 Å². The van der Waals surface area contributed by atoms with Gasteiger partial charge in [-0.25, -0.2) is 0 Å². The first-order chi connectivity index (χ1) is 10.8. The Hall–Kier alpha value is -0.460. The number of guanidine groups is 1. The molecule has 22 heavy (non-hydrogen) atoms. The average molecular weight is 330 g/mol. The van der Waals surface area contributed by atoms with Gasteiger partial charge in [-0.3, -0.25) is 4.99 Å². The Morgan fingerprint density at radius 1 is 1.32 bits per heavy atom. The van der Waals surface area contributed by atoms with Crippen molar-refractivity contribution in [3.63, 3.8) is 0 Å². The van der Waals surface area contributed by atoms with E-state index in [0.29, 0.717) is 0 Å². The number of nitrogens with zero attached hydrogens (tertiary/aromatic N) is 1. The van der Waals surface area contributed by atoms with Crippen LogP contribution in [0.5, 0.6) is 0 Å². The first kappa shape index (κ1) is 17.9. The molecule has 1 aliphatic heterocycles. The summed E-state index contributed by atoms with van der Waals surface area (Å²) in [5, 5.41) is 6.84. The summed E-state index contributed by atoms with van der Waals surface area (Å²) in [6.45, 7) is 5.37. The second-order valence-corrected chi connectivity index (χ2v) is 7.50. The first-order valence-electron chi connectivity index (χ1n) is 8.43. The van der Waals surface area contributed by atoms with Crippen LogP contribution in [-0.2, 0) is 9.47 Å². The monoisotopic (exact) mass is 329 g/mol. The third-order valence-electron chi connectivity index (χ3n) is 4.45. The minimum absolute atomic E-state index is 0.281. The molecule has 0 aromatic heterocycles. The Morgan fingerprint density at radius 3 is 2.73 bits per heavy atom. The molecule has 0 aromatic rings. The van der Waals surface area contributed by atoms with Crippen molar-refractivity contribution in [2.75, 3.05) is 52.8 Å². The molecule has 128 valence electrons. The van der Waals surface area contributed by atoms with E-state index < -0.39 is 0 Å². The number of rotatable bonds is 9. The summed E-state index contributed by atoms with van der Waals surface area (Å²) < 4.78 is 11.4. The van der Waals surface area contributed by atoms with Gasteiger partial charge >= 0.3 is 0 Å². The maximum Gasteiger partial charge on any atom is 0.191 e. The molecule has 0 radical (unpaired) electrons. The molecule has 1 saturated carbocycles. The van der Waals surface area contributed by atoms with E-state index in [1.54, 1.807) is 0 Å². The Morgan fingerprint density at radius 2 is 2.09 bits per heavy atom. The zero-order valence-corrected chi connectivity index (χ0v) is 14.8. The summed E-state index contributed by atoms with van der Waals surface area (Å²) in [5.41, 5.74) is 0. The molecule has 1 saturated heterocycles. The van der Waals surface area contributed by atoms with Crippen LogP contribution >= 0.6 is 11.8 Å². The van der Waals surface area contributed by atoms with Gasteiger partial charge in [-0.05, 0) is 44.3 Å². The van der Waals surface area contributed by atoms with Gasteiger partial charge in [0, 0.05) is 51.3 Å². The number of hydrogen-bond donors (Lipinski definition) is 2. The van der Waals surface area contributed by atoms with E-state index in [0.717, 1.165) is 70.7 Å². The van der Waals surface area contributed by atoms with Crippen molar-refractivity contribution in [3.05, 3.63) is 0 Å². The van der Waals surface area contributed by atoms with Crippen LogP contribution in [0.25, 0.3) is 0 Å². The van der Waals surface area contributed by atoms with E-state index in [4.69, 9.17) is 9.47 Å². The van der Waals surface area contributed by atoms with Gasteiger partial charge in [0.15, 0.2) is 5.96 Å². The quantitative estimate of drug-likeness (QED) is 0.384. The highest BCUT2D eigenvalue weighted by Gasteiger charge is 2.31. The van der Waals surface area contributed by atoms with Gasteiger partial charge in [-0.15, -0.1) is 0 Å². The molecular weight excluding hydrogens is 298 g/mol. The highest BCUT2D eigenvalue weighted by molar-refractivity contribution is 8.00. The molecule has 2 rings (SSSR count). The SMILES string of the molecule is CN=C(NCCCOCC1CC1)NCC1(SC)CCOCC1. The largest absolute Gasteiger partial charge is 0.381 e. The van der Waals surface area contributed by atoms with Gasteiger partial charge in [0.2, 0.25) is 0 Å². The van der Waals surface area contributed by atoms with E-state index in [2.05, 4.69) is 21.9 Å². The molecule has 0 amide bonds. The molecule has 6 heteroatoms. The van der Waals surface area contributed by atoms with Crippen molar-refractivity contribution in [1.29, 1.82) is 0 Å². The van der Waals surface area contributed by atoms with Crippen molar-refractivity contribution < 1.29 is 9.47 Å². The number of ether oxygens (including phenoxy) is 2. The minimum Gasteiger partial charge on any atom is -0.381 e. The lowest BCUT2D eigenvalue weighted by Crippen LogP contribution is -2.48. The molecule has 1 heterocycles. The summed E-state index contributed by atoms with van der Waals surface area (Å²) >= 11 is 1.94. The molecule has 0 bridgehead atoms. The van der Waals surface area contributed by atoms with Crippen molar-refractivity contribution in [3.8, 4) is 0 Å². The Bertz CT molecular complexity index is 342. The lowest BCUT2D eigenvalue weighted by atomic mass is 9.99. The van der Waals surface area contributed by atoms with E-state index in [1.807, 2.05) is 18.8 Å². The summed E-state index contributed by atoms with van der Waals surface area (Å²) in [7, 11) is 1.83. The Balaban J connectivity index is 1.57. The number of nitrogens with one attached hydrogen (secondary N) is 2. The minimum atomic E-state index is 0.281. The highest BCUT2D eigenvalue weighted by atomic mass is 32.2. The molecule has 1 aliphatic carbocycles. The molecule has 0 unspecified atom stereocenters. The first-order valence-corrected chi connectivity index (χ1v) is 9.66. The van der Waals surface area contributed by atoms with Crippen LogP contribution in [0.4, 0.5) is 0 Å². The lowest BCUT2D eigenvalue weighted by molar-refractivity contribution is 0.0782. The Labute approximate surface area is 139 Å². The van der Waals surface area contributed by atoms with Crippen LogP contribution in [-0.4, -0.2) is 63.5 Å². The topological polar surface area (TPSA) is 54.9 Å². The van der Waals surface area contributed by atoms with Gasteiger partial charge in [0.1, 0.15) is 0 Å². The average Bonchev–Trinajstić information content (AvgIpc) is 3.38. The summed E-state index contributed by atoms with van der Waals surface area (Å²) in [4.78, 5) is 4.31. The molecular formula is C16H31N3O2S. The predicted molar refractivity (Wildman–Crippen MR) is 93.8 cm³/mol. The zero-order chi connectivity index (χ0) is 15.7. The van der Waals surface area contributed by atoms with E-state index in [-0.39, 0.29) is 4.75 Å². The number of hydrogen-bond acceptors (Lipinski definition) is 4. The highest BCUT2D eigenvalue weighted by Crippen LogP contribution is 2.32. The van der Waals surface area contributed by atoms with Crippen LogP contribution in [0.1, 0.15) is 32.1 Å². The van der Waals surface area contributed by atoms with Gasteiger partial charge in [-0.1, -0.05) is 0 Å². The molecule has 0 spiro atoms. The number of thioether (sulfide) groups is 1. The van der Waals surface area contributed by atoms with Crippen molar-refractivity contribution in [2.45, 2.75) is 36.9 Å². The molecule has 2 fully saturated rings. The molecule has 2 aliphatic rings. The summed E-state index contributed by atoms with van der Waals surface area (Å²) in [5.74, 6) is 1.74. The van der Waals surface area contributed by atoms with Crippen LogP contribution in [0.15, 0.2) is 4.99 Å². The molecule has 0 aromatic carbocycles. The Kier molecular flexibility index (Phi) is 7.83. The van der Waals surface area contributed by atoms with Crippen LogP contribution < -0.4 is 10.6 Å². The lowest BCUT2D eigenvalue weighted by Gasteiger charge is -2.36. The predicted octanol–water partition coefficient (Wildman–Crippen LogP) is 1.88. The summed E-state index contributed by atoms with van der Waals surface area (Å²) in [6, 6.07) is 0. The fourth-order valence-corrected chi connectivity index (χ4v) is 3.37. The molecule has 5 nitrogen and oxygen atoms in total. The normalized spacial score (nSPS) is 21.6. The van der Waals surface area contributed by atoms with Crippen LogP contribution in [0.2, 0.25) is 0 Å². The summed E-state index contributed by atoms with van der Waals surface area (Å²) in [6.07, 6.45) is 8.14. The van der Waals surface area contributed by atoms with Crippen LogP contribution in [0, 0.1) is 5.92 Å². The van der Waals surface area contributed by atoms with E-state index in [1.165, 1.54) is 12.8 Å². The number of aliphatic imine (C=N–C) groups is 1. The molecule has 0 atom stereocenters. The fraction of sp³-hybridized carbons (Fsp3) is 0.938. The third kappa shape index (κ3) is 6.34. The van der Waals surface area contributed by atoms with E-state index in [9.17, 15) is 0 Å². The van der Waals surface area contributed by atoms with Crippen molar-refractivity contribution in [2.24, 2.45) is 10.9 Å². The smallest absolute Gasteiger partial charge is 0.191 e. The van der Waals surface area contributed by atoms with Gasteiger partial charge < -0.3 is 20.1 Å². The second-order valence-electron chi connectivity index (χ2n) is 6.22. The fourth-order valence-electron chi connectivity index (χ4n) is 2.58. The molecule has 2 N–H and O–H groups in total. The van der Waals surface area contributed by atoms with Gasteiger partial charge in [-0.2, -0.15) is 11.8 Å². The van der Waals surface area contributed by atoms with Crippen molar-refractivity contribution >= 4 is 17.7 Å². The second kappa shape index (κ2) is 9.63. The van der Waals surface area contributed by atoms with E-state index >= 15 is 0 Å². The maximum absolute atomic E-state index is 5.64. The maximum atomic E-state index is 5.64. The zero-order valence-electron chi connectivity index (χ0n) is 14.0.